The van der Waals surface area contributed by atoms with Crippen molar-refractivity contribution in [2.24, 2.45) is 7.05 Å². The first-order chi connectivity index (χ1) is 11.6. The van der Waals surface area contributed by atoms with Gasteiger partial charge in [0.15, 0.2) is 0 Å². The standard InChI is InChI=1S/C18H24N6.ClH/c1-14-17(18(22(2)3)23(4)20-14)13-19-12-15-10-11-24(21-15)16-8-6-5-7-9-16;/h5-11,19H,12-13H2,1-4H3;1H. The zero-order chi connectivity index (χ0) is 17.1. The molecule has 0 radical (unpaired) electrons. The van der Waals surface area contributed by atoms with E-state index in [2.05, 4.69) is 20.4 Å². The van der Waals surface area contributed by atoms with Crippen LogP contribution in [-0.4, -0.2) is 33.7 Å². The average molecular weight is 361 g/mol. The second kappa shape index (κ2) is 8.18. The molecule has 3 aromatic rings. The Balaban J connectivity index is 0.00000225. The van der Waals surface area contributed by atoms with Gasteiger partial charge in [-0.2, -0.15) is 10.2 Å². The maximum Gasteiger partial charge on any atom is 0.130 e. The molecule has 0 amide bonds. The lowest BCUT2D eigenvalue weighted by Crippen LogP contribution is -2.19. The Labute approximate surface area is 154 Å². The summed E-state index contributed by atoms with van der Waals surface area (Å²) >= 11 is 0. The second-order valence-electron chi connectivity index (χ2n) is 6.10. The molecule has 134 valence electrons. The predicted octanol–water partition coefficient (Wildman–Crippen LogP) is 2.69. The highest BCUT2D eigenvalue weighted by Gasteiger charge is 2.14. The summed E-state index contributed by atoms with van der Waals surface area (Å²) in [7, 11) is 6.07. The maximum absolute atomic E-state index is 4.62. The number of nitrogens with zero attached hydrogens (tertiary/aromatic N) is 5. The summed E-state index contributed by atoms with van der Waals surface area (Å²) in [6.07, 6.45) is 1.99. The fourth-order valence-corrected chi connectivity index (χ4v) is 2.95. The number of hydrogen-bond acceptors (Lipinski definition) is 4. The van der Waals surface area contributed by atoms with Crippen LogP contribution in [0.15, 0.2) is 42.6 Å². The zero-order valence-corrected chi connectivity index (χ0v) is 15.9. The number of halogens is 1. The van der Waals surface area contributed by atoms with Gasteiger partial charge in [0.2, 0.25) is 0 Å². The van der Waals surface area contributed by atoms with Crippen molar-refractivity contribution in [2.45, 2.75) is 20.0 Å². The largest absolute Gasteiger partial charge is 0.363 e. The van der Waals surface area contributed by atoms with Gasteiger partial charge in [-0.25, -0.2) is 4.68 Å². The number of nitrogens with one attached hydrogen (secondary N) is 1. The molecule has 1 aromatic carbocycles. The maximum atomic E-state index is 4.62. The molecule has 25 heavy (non-hydrogen) atoms. The minimum Gasteiger partial charge on any atom is -0.363 e. The summed E-state index contributed by atoms with van der Waals surface area (Å²) in [6, 6.07) is 12.2. The Bertz CT molecular complexity index is 806. The van der Waals surface area contributed by atoms with Gasteiger partial charge in [0.05, 0.1) is 17.1 Å². The lowest BCUT2D eigenvalue weighted by atomic mass is 10.2. The van der Waals surface area contributed by atoms with Gasteiger partial charge in [-0.15, -0.1) is 12.4 Å². The molecular formula is C18H25ClN6. The zero-order valence-electron chi connectivity index (χ0n) is 15.1. The Morgan fingerprint density at radius 1 is 1.04 bits per heavy atom. The van der Waals surface area contributed by atoms with Crippen molar-refractivity contribution in [3.8, 4) is 5.69 Å². The summed E-state index contributed by atoms with van der Waals surface area (Å²) in [5.74, 6) is 1.13. The number of anilines is 1. The second-order valence-corrected chi connectivity index (χ2v) is 6.10. The Hall–Kier alpha value is -2.31. The lowest BCUT2D eigenvalue weighted by Gasteiger charge is -2.15. The van der Waals surface area contributed by atoms with Crippen LogP contribution in [0.3, 0.4) is 0 Å². The van der Waals surface area contributed by atoms with E-state index in [0.29, 0.717) is 0 Å². The third-order valence-corrected chi connectivity index (χ3v) is 4.01. The van der Waals surface area contributed by atoms with E-state index < -0.39 is 0 Å². The molecule has 3 rings (SSSR count). The van der Waals surface area contributed by atoms with E-state index in [1.807, 2.05) is 80.0 Å². The molecule has 0 atom stereocenters. The van der Waals surface area contributed by atoms with Crippen LogP contribution in [0.4, 0.5) is 5.82 Å². The smallest absolute Gasteiger partial charge is 0.130 e. The van der Waals surface area contributed by atoms with Gasteiger partial charge in [0, 0.05) is 46.0 Å². The van der Waals surface area contributed by atoms with Gasteiger partial charge in [-0.3, -0.25) is 4.68 Å². The molecule has 1 N–H and O–H groups in total. The van der Waals surface area contributed by atoms with E-state index in [9.17, 15) is 0 Å². The highest BCUT2D eigenvalue weighted by molar-refractivity contribution is 5.85. The average Bonchev–Trinajstić information content (AvgIpc) is 3.13. The minimum absolute atomic E-state index is 0. The number of aryl methyl sites for hydroxylation is 2. The Morgan fingerprint density at radius 2 is 1.76 bits per heavy atom. The van der Waals surface area contributed by atoms with Crippen LogP contribution in [0.25, 0.3) is 5.69 Å². The summed E-state index contributed by atoms with van der Waals surface area (Å²) in [5, 5.41) is 12.6. The van der Waals surface area contributed by atoms with E-state index in [4.69, 9.17) is 0 Å². The molecule has 0 saturated heterocycles. The third kappa shape index (κ3) is 4.21. The number of aromatic nitrogens is 4. The molecule has 6 nitrogen and oxygen atoms in total. The van der Waals surface area contributed by atoms with Crippen molar-refractivity contribution in [1.29, 1.82) is 0 Å². The number of benzene rings is 1. The van der Waals surface area contributed by atoms with Crippen LogP contribution in [0.1, 0.15) is 17.0 Å². The van der Waals surface area contributed by atoms with E-state index in [0.717, 1.165) is 36.0 Å². The molecule has 0 aliphatic carbocycles. The fraction of sp³-hybridized carbons (Fsp3) is 0.333. The van der Waals surface area contributed by atoms with E-state index in [1.54, 1.807) is 0 Å². The van der Waals surface area contributed by atoms with E-state index in [1.165, 1.54) is 5.56 Å². The summed E-state index contributed by atoms with van der Waals surface area (Å²) in [5.41, 5.74) is 4.38. The van der Waals surface area contributed by atoms with Crippen LogP contribution in [0.2, 0.25) is 0 Å². The minimum atomic E-state index is 0. The van der Waals surface area contributed by atoms with Gasteiger partial charge < -0.3 is 10.2 Å². The fourth-order valence-electron chi connectivity index (χ4n) is 2.95. The summed E-state index contributed by atoms with van der Waals surface area (Å²) in [4.78, 5) is 2.10. The highest BCUT2D eigenvalue weighted by atomic mass is 35.5. The summed E-state index contributed by atoms with van der Waals surface area (Å²) in [6.45, 7) is 3.54. The van der Waals surface area contributed by atoms with Gasteiger partial charge >= 0.3 is 0 Å². The SMILES string of the molecule is Cc1nn(C)c(N(C)C)c1CNCc1ccn(-c2ccccc2)n1.Cl. The topological polar surface area (TPSA) is 50.9 Å². The van der Waals surface area contributed by atoms with Gasteiger partial charge in [-0.1, -0.05) is 18.2 Å². The van der Waals surface area contributed by atoms with Gasteiger partial charge in [0.1, 0.15) is 5.82 Å². The van der Waals surface area contributed by atoms with Crippen molar-refractivity contribution < 1.29 is 0 Å². The molecule has 0 aliphatic rings. The van der Waals surface area contributed by atoms with Gasteiger partial charge in [-0.05, 0) is 25.1 Å². The van der Waals surface area contributed by atoms with Crippen molar-refractivity contribution in [2.75, 3.05) is 19.0 Å². The molecule has 0 saturated carbocycles. The van der Waals surface area contributed by atoms with Crippen molar-refractivity contribution in [1.82, 2.24) is 24.9 Å². The third-order valence-electron chi connectivity index (χ3n) is 4.01. The number of rotatable bonds is 6. The Morgan fingerprint density at radius 3 is 2.44 bits per heavy atom. The monoisotopic (exact) mass is 360 g/mol. The van der Waals surface area contributed by atoms with Crippen LogP contribution in [-0.2, 0) is 20.1 Å². The van der Waals surface area contributed by atoms with Crippen molar-refractivity contribution in [3.63, 3.8) is 0 Å². The molecule has 0 spiro atoms. The van der Waals surface area contributed by atoms with Crippen LogP contribution >= 0.6 is 12.4 Å². The van der Waals surface area contributed by atoms with Crippen LogP contribution in [0, 0.1) is 6.92 Å². The normalized spacial score (nSPS) is 10.6. The molecule has 0 unspecified atom stereocenters. The molecule has 0 fully saturated rings. The first-order valence-corrected chi connectivity index (χ1v) is 8.06. The number of para-hydroxylation sites is 1. The van der Waals surface area contributed by atoms with E-state index >= 15 is 0 Å². The summed E-state index contributed by atoms with van der Waals surface area (Å²) < 4.78 is 3.83. The number of hydrogen-bond donors (Lipinski definition) is 1. The molecule has 0 aliphatic heterocycles. The molecule has 0 bridgehead atoms. The first kappa shape index (κ1) is 19.0. The van der Waals surface area contributed by atoms with Gasteiger partial charge in [0.25, 0.3) is 0 Å². The van der Waals surface area contributed by atoms with E-state index in [-0.39, 0.29) is 12.4 Å². The molecule has 7 heteroatoms. The first-order valence-electron chi connectivity index (χ1n) is 8.06. The molecule has 2 heterocycles. The highest BCUT2D eigenvalue weighted by Crippen LogP contribution is 2.21. The molecule has 2 aromatic heterocycles. The quantitative estimate of drug-likeness (QED) is 0.734. The van der Waals surface area contributed by atoms with Crippen molar-refractivity contribution >= 4 is 18.2 Å². The van der Waals surface area contributed by atoms with Crippen LogP contribution in [0.5, 0.6) is 0 Å². The van der Waals surface area contributed by atoms with Crippen molar-refractivity contribution in [3.05, 3.63) is 59.5 Å². The predicted molar refractivity (Wildman–Crippen MR) is 104 cm³/mol. The molecular weight excluding hydrogens is 336 g/mol. The lowest BCUT2D eigenvalue weighted by molar-refractivity contribution is 0.666. The van der Waals surface area contributed by atoms with Crippen LogP contribution < -0.4 is 10.2 Å². The Kier molecular flexibility index (Phi) is 6.22.